The van der Waals surface area contributed by atoms with E-state index in [9.17, 15) is 19.5 Å². The largest absolute Gasteiger partial charge is 0.378 e. The van der Waals surface area contributed by atoms with E-state index in [1.165, 1.54) is 0 Å². The highest BCUT2D eigenvalue weighted by atomic mass is 16.3. The molecular weight excluding hydrogens is 372 g/mol. The van der Waals surface area contributed by atoms with Gasteiger partial charge in [-0.05, 0) is 42.8 Å². The van der Waals surface area contributed by atoms with Gasteiger partial charge in [-0.2, -0.15) is 0 Å². The summed E-state index contributed by atoms with van der Waals surface area (Å²) in [5.41, 5.74) is 2.91. The zero-order chi connectivity index (χ0) is 20.7. The lowest BCUT2D eigenvalue weighted by Crippen LogP contribution is -2.57. The van der Waals surface area contributed by atoms with Crippen molar-refractivity contribution in [3.8, 4) is 0 Å². The molecule has 2 aliphatic rings. The number of amides is 3. The van der Waals surface area contributed by atoms with Crippen LogP contribution in [0.25, 0.3) is 0 Å². The van der Waals surface area contributed by atoms with Crippen LogP contribution in [0.15, 0.2) is 42.5 Å². The van der Waals surface area contributed by atoms with E-state index in [0.717, 1.165) is 16.3 Å². The number of carbonyl (C=O) groups excluding carboxylic acids is 3. The average Bonchev–Trinajstić information content (AvgIpc) is 2.94. The summed E-state index contributed by atoms with van der Waals surface area (Å²) >= 11 is 0. The lowest BCUT2D eigenvalue weighted by Gasteiger charge is -2.33. The minimum absolute atomic E-state index is 0.151. The number of anilines is 3. The summed E-state index contributed by atoms with van der Waals surface area (Å²) in [6.07, 6.45) is -0.889. The number of hydrogen-bond donors (Lipinski definition) is 3. The Morgan fingerprint density at radius 3 is 2.45 bits per heavy atom. The van der Waals surface area contributed by atoms with Gasteiger partial charge in [-0.3, -0.25) is 19.3 Å². The van der Waals surface area contributed by atoms with Crippen molar-refractivity contribution in [2.75, 3.05) is 24.3 Å². The normalized spacial score (nSPS) is 21.1. The number of piperidine rings is 1. The number of benzene rings is 2. The van der Waals surface area contributed by atoms with Crippen molar-refractivity contribution in [2.24, 2.45) is 0 Å². The van der Waals surface area contributed by atoms with Crippen molar-refractivity contribution in [2.45, 2.75) is 25.1 Å². The molecule has 2 unspecified atom stereocenters. The number of nitrogens with one attached hydrogen (secondary N) is 2. The number of imide groups is 1. The van der Waals surface area contributed by atoms with Gasteiger partial charge in [-0.25, -0.2) is 0 Å². The third-order valence-electron chi connectivity index (χ3n) is 5.28. The van der Waals surface area contributed by atoms with Crippen molar-refractivity contribution in [1.82, 2.24) is 10.2 Å². The minimum atomic E-state index is -1.27. The molecule has 0 aliphatic carbocycles. The van der Waals surface area contributed by atoms with E-state index >= 15 is 0 Å². The minimum Gasteiger partial charge on any atom is -0.378 e. The molecule has 0 aromatic heterocycles. The average molecular weight is 394 g/mol. The molecule has 0 radical (unpaired) electrons. The van der Waals surface area contributed by atoms with Crippen molar-refractivity contribution in [3.63, 3.8) is 0 Å². The standard InChI is InChI=1S/C21H22N4O4/c1-24(2)13-8-6-12(7-9-13)22-15-5-3-4-14-18(15)21(29)25(20(14)28)16-10-11-17(26)23-19(16)27/h3-9,16,19,22,27H,10-11H2,1-2H3,(H,23,26). The molecule has 0 spiro atoms. The van der Waals surface area contributed by atoms with Crippen LogP contribution < -0.4 is 15.5 Å². The monoisotopic (exact) mass is 394 g/mol. The van der Waals surface area contributed by atoms with E-state index in [1.54, 1.807) is 18.2 Å². The topological polar surface area (TPSA) is 102 Å². The summed E-state index contributed by atoms with van der Waals surface area (Å²) in [6, 6.07) is 12.0. The summed E-state index contributed by atoms with van der Waals surface area (Å²) in [5.74, 6) is -1.23. The van der Waals surface area contributed by atoms with E-state index < -0.39 is 24.1 Å². The highest BCUT2D eigenvalue weighted by Crippen LogP contribution is 2.34. The van der Waals surface area contributed by atoms with Gasteiger partial charge in [-0.15, -0.1) is 0 Å². The predicted octanol–water partition coefficient (Wildman–Crippen LogP) is 1.69. The van der Waals surface area contributed by atoms with Crippen LogP contribution in [-0.2, 0) is 4.79 Å². The van der Waals surface area contributed by atoms with Gasteiger partial charge in [0, 0.05) is 31.9 Å². The molecule has 2 atom stereocenters. The van der Waals surface area contributed by atoms with Crippen LogP contribution in [0.3, 0.4) is 0 Å². The fourth-order valence-electron chi connectivity index (χ4n) is 3.75. The Bertz CT molecular complexity index is 987. The smallest absolute Gasteiger partial charge is 0.264 e. The van der Waals surface area contributed by atoms with Crippen molar-refractivity contribution in [3.05, 3.63) is 53.6 Å². The third kappa shape index (κ3) is 3.31. The van der Waals surface area contributed by atoms with Crippen LogP contribution in [0.5, 0.6) is 0 Å². The van der Waals surface area contributed by atoms with Crippen molar-refractivity contribution < 1.29 is 19.5 Å². The summed E-state index contributed by atoms with van der Waals surface area (Å²) in [5, 5.41) is 15.8. The lowest BCUT2D eigenvalue weighted by atomic mass is 10.0. The second-order valence-corrected chi connectivity index (χ2v) is 7.39. The van der Waals surface area contributed by atoms with Gasteiger partial charge in [0.25, 0.3) is 11.8 Å². The number of hydrogen-bond acceptors (Lipinski definition) is 6. The first-order valence-electron chi connectivity index (χ1n) is 9.39. The Morgan fingerprint density at radius 2 is 1.79 bits per heavy atom. The van der Waals surface area contributed by atoms with Crippen molar-refractivity contribution >= 4 is 34.8 Å². The van der Waals surface area contributed by atoms with Gasteiger partial charge >= 0.3 is 0 Å². The number of carbonyl (C=O) groups is 3. The molecule has 3 N–H and O–H groups in total. The molecule has 8 heteroatoms. The Morgan fingerprint density at radius 1 is 1.07 bits per heavy atom. The third-order valence-corrected chi connectivity index (χ3v) is 5.28. The number of nitrogens with zero attached hydrogens (tertiary/aromatic N) is 2. The van der Waals surface area contributed by atoms with E-state index in [0.29, 0.717) is 5.69 Å². The fraction of sp³-hybridized carbons (Fsp3) is 0.286. The van der Waals surface area contributed by atoms with Gasteiger partial charge in [0.05, 0.1) is 22.9 Å². The SMILES string of the molecule is CN(C)c1ccc(Nc2cccc3c2C(=O)N(C2CCC(=O)NC2O)C3=O)cc1. The lowest BCUT2D eigenvalue weighted by molar-refractivity contribution is -0.129. The maximum absolute atomic E-state index is 13.1. The van der Waals surface area contributed by atoms with Crippen LogP contribution in [-0.4, -0.2) is 54.1 Å². The maximum atomic E-state index is 13.1. The van der Waals surface area contributed by atoms with Gasteiger partial charge in [0.1, 0.15) is 6.23 Å². The summed E-state index contributed by atoms with van der Waals surface area (Å²) in [4.78, 5) is 40.5. The van der Waals surface area contributed by atoms with Gasteiger partial charge in [-0.1, -0.05) is 6.07 Å². The highest BCUT2D eigenvalue weighted by Gasteiger charge is 2.45. The summed E-state index contributed by atoms with van der Waals surface area (Å²) in [7, 11) is 3.90. The highest BCUT2D eigenvalue weighted by molar-refractivity contribution is 6.24. The molecule has 2 aliphatic heterocycles. The van der Waals surface area contributed by atoms with Crippen molar-refractivity contribution in [1.29, 1.82) is 0 Å². The molecule has 150 valence electrons. The quantitative estimate of drug-likeness (QED) is 0.682. The molecule has 2 heterocycles. The first-order valence-corrected chi connectivity index (χ1v) is 9.39. The first kappa shape index (κ1) is 18.9. The predicted molar refractivity (Wildman–Crippen MR) is 108 cm³/mol. The molecule has 1 fully saturated rings. The van der Waals surface area contributed by atoms with Gasteiger partial charge < -0.3 is 20.6 Å². The molecule has 2 aromatic carbocycles. The summed E-state index contributed by atoms with van der Waals surface area (Å²) < 4.78 is 0. The molecule has 2 aromatic rings. The Hall–Kier alpha value is -3.39. The van der Waals surface area contributed by atoms with E-state index in [1.807, 2.05) is 43.3 Å². The maximum Gasteiger partial charge on any atom is 0.264 e. The molecule has 0 saturated carbocycles. The van der Waals surface area contributed by atoms with Crippen LogP contribution >= 0.6 is 0 Å². The Kier molecular flexibility index (Phi) is 4.71. The second-order valence-electron chi connectivity index (χ2n) is 7.39. The number of fused-ring (bicyclic) bond motifs is 1. The molecule has 0 bridgehead atoms. The molecule has 29 heavy (non-hydrogen) atoms. The summed E-state index contributed by atoms with van der Waals surface area (Å²) in [6.45, 7) is 0. The van der Waals surface area contributed by atoms with Gasteiger partial charge in [0.15, 0.2) is 0 Å². The van der Waals surface area contributed by atoms with E-state index in [2.05, 4.69) is 10.6 Å². The second kappa shape index (κ2) is 7.21. The van der Waals surface area contributed by atoms with E-state index in [-0.39, 0.29) is 29.9 Å². The van der Waals surface area contributed by atoms with Crippen LogP contribution in [0.1, 0.15) is 33.6 Å². The molecule has 8 nitrogen and oxygen atoms in total. The first-order chi connectivity index (χ1) is 13.9. The Balaban J connectivity index is 1.63. The fourth-order valence-corrected chi connectivity index (χ4v) is 3.75. The number of aliphatic hydroxyl groups is 1. The van der Waals surface area contributed by atoms with Crippen LogP contribution in [0.4, 0.5) is 17.1 Å². The van der Waals surface area contributed by atoms with E-state index in [4.69, 9.17) is 0 Å². The molecular formula is C21H22N4O4. The Labute approximate surface area is 168 Å². The molecule has 1 saturated heterocycles. The van der Waals surface area contributed by atoms with Crippen LogP contribution in [0.2, 0.25) is 0 Å². The molecule has 4 rings (SSSR count). The zero-order valence-electron chi connectivity index (χ0n) is 16.2. The van der Waals surface area contributed by atoms with Crippen LogP contribution in [0, 0.1) is 0 Å². The number of rotatable bonds is 4. The number of aliphatic hydroxyl groups excluding tert-OH is 1. The van der Waals surface area contributed by atoms with Gasteiger partial charge in [0.2, 0.25) is 5.91 Å². The molecule has 3 amide bonds. The zero-order valence-corrected chi connectivity index (χ0v) is 16.2.